The molecule has 1 aromatic rings. The molecule has 2 N–H and O–H groups in total. The van der Waals surface area contributed by atoms with Crippen LogP contribution >= 0.6 is 0 Å². The monoisotopic (exact) mass is 284 g/mol. The Morgan fingerprint density at radius 1 is 1.26 bits per heavy atom. The van der Waals surface area contributed by atoms with Crippen molar-refractivity contribution < 1.29 is 13.2 Å². The number of sulfonamides is 1. The van der Waals surface area contributed by atoms with Gasteiger partial charge in [0.1, 0.15) is 0 Å². The molecule has 0 saturated heterocycles. The van der Waals surface area contributed by atoms with Gasteiger partial charge in [-0.3, -0.25) is 9.52 Å². The lowest BCUT2D eigenvalue weighted by Crippen LogP contribution is -2.32. The number of benzene rings is 1. The first kappa shape index (κ1) is 15.5. The Kier molecular flexibility index (Phi) is 5.35. The Balaban J connectivity index is 2.68. The van der Waals surface area contributed by atoms with E-state index in [9.17, 15) is 13.2 Å². The highest BCUT2D eigenvalue weighted by atomic mass is 32.2. The van der Waals surface area contributed by atoms with Crippen LogP contribution in [-0.2, 0) is 10.0 Å². The van der Waals surface area contributed by atoms with Gasteiger partial charge in [-0.15, -0.1) is 0 Å². The molecule has 106 valence electrons. The fraction of sp³-hybridized carbons (Fsp3) is 0.462. The van der Waals surface area contributed by atoms with Crippen molar-refractivity contribution in [1.82, 2.24) is 5.32 Å². The van der Waals surface area contributed by atoms with E-state index in [0.717, 1.165) is 19.1 Å². The molecule has 0 unspecified atom stereocenters. The molecule has 5 nitrogen and oxygen atoms in total. The molecule has 1 rings (SSSR count). The highest BCUT2D eigenvalue weighted by Crippen LogP contribution is 2.11. The standard InChI is InChI=1S/C13H20N2O3S/c1-4-5-10(2)14-13(16)11-6-8-12(9-7-11)15-19(3,17)18/h6-10,15H,4-5H2,1-3H3,(H,14,16)/t10-/m0/s1. The SMILES string of the molecule is CCC[C@H](C)NC(=O)c1ccc(NS(C)(=O)=O)cc1. The molecular weight excluding hydrogens is 264 g/mol. The van der Waals surface area contributed by atoms with Gasteiger partial charge in [-0.2, -0.15) is 0 Å². The summed E-state index contributed by atoms with van der Waals surface area (Å²) in [6.07, 6.45) is 3.03. The minimum absolute atomic E-state index is 0.131. The van der Waals surface area contributed by atoms with E-state index < -0.39 is 10.0 Å². The summed E-state index contributed by atoms with van der Waals surface area (Å²) in [6.45, 7) is 4.02. The summed E-state index contributed by atoms with van der Waals surface area (Å²) in [7, 11) is -3.29. The van der Waals surface area contributed by atoms with Crippen molar-refractivity contribution in [2.45, 2.75) is 32.7 Å². The van der Waals surface area contributed by atoms with Crippen molar-refractivity contribution in [1.29, 1.82) is 0 Å². The maximum atomic E-state index is 11.9. The molecule has 0 bridgehead atoms. The van der Waals surface area contributed by atoms with Gasteiger partial charge in [0, 0.05) is 17.3 Å². The lowest BCUT2D eigenvalue weighted by atomic mass is 10.1. The number of hydrogen-bond donors (Lipinski definition) is 2. The highest BCUT2D eigenvalue weighted by molar-refractivity contribution is 7.92. The quantitative estimate of drug-likeness (QED) is 0.838. The van der Waals surface area contributed by atoms with Crippen LogP contribution in [-0.4, -0.2) is 26.6 Å². The van der Waals surface area contributed by atoms with Crippen LogP contribution in [0.5, 0.6) is 0 Å². The van der Waals surface area contributed by atoms with E-state index in [1.807, 2.05) is 6.92 Å². The Morgan fingerprint density at radius 3 is 2.32 bits per heavy atom. The van der Waals surface area contributed by atoms with E-state index in [0.29, 0.717) is 11.3 Å². The largest absolute Gasteiger partial charge is 0.350 e. The predicted molar refractivity (Wildman–Crippen MR) is 76.7 cm³/mol. The number of hydrogen-bond acceptors (Lipinski definition) is 3. The molecule has 1 amide bonds. The third-order valence-corrected chi connectivity index (χ3v) is 3.16. The minimum atomic E-state index is -3.29. The van der Waals surface area contributed by atoms with Crippen LogP contribution < -0.4 is 10.0 Å². The number of carbonyl (C=O) groups is 1. The maximum absolute atomic E-state index is 11.9. The van der Waals surface area contributed by atoms with Crippen LogP contribution in [0.4, 0.5) is 5.69 Å². The van der Waals surface area contributed by atoms with Crippen LogP contribution in [0.15, 0.2) is 24.3 Å². The number of nitrogens with one attached hydrogen (secondary N) is 2. The smallest absolute Gasteiger partial charge is 0.251 e. The van der Waals surface area contributed by atoms with E-state index >= 15 is 0 Å². The van der Waals surface area contributed by atoms with Gasteiger partial charge in [0.2, 0.25) is 10.0 Å². The zero-order valence-electron chi connectivity index (χ0n) is 11.4. The molecule has 0 aliphatic rings. The summed E-state index contributed by atoms with van der Waals surface area (Å²) in [4.78, 5) is 11.9. The number of rotatable bonds is 6. The van der Waals surface area contributed by atoms with Crippen LogP contribution in [0.2, 0.25) is 0 Å². The molecule has 6 heteroatoms. The number of carbonyl (C=O) groups excluding carboxylic acids is 1. The molecule has 1 atom stereocenters. The van der Waals surface area contributed by atoms with Crippen LogP contribution in [0.3, 0.4) is 0 Å². The van der Waals surface area contributed by atoms with E-state index in [1.54, 1.807) is 24.3 Å². The molecule has 0 radical (unpaired) electrons. The first-order chi connectivity index (χ1) is 8.81. The van der Waals surface area contributed by atoms with Gasteiger partial charge in [0.25, 0.3) is 5.91 Å². The molecule has 0 aliphatic carbocycles. The summed E-state index contributed by atoms with van der Waals surface area (Å²) in [5.41, 5.74) is 0.961. The Hall–Kier alpha value is -1.56. The summed E-state index contributed by atoms with van der Waals surface area (Å²) in [5.74, 6) is -0.146. The topological polar surface area (TPSA) is 75.3 Å². The number of amides is 1. The molecule has 19 heavy (non-hydrogen) atoms. The Morgan fingerprint density at radius 2 is 1.84 bits per heavy atom. The Labute approximate surface area is 114 Å². The molecule has 0 aromatic heterocycles. The van der Waals surface area contributed by atoms with Crippen molar-refractivity contribution >= 4 is 21.6 Å². The average Bonchev–Trinajstić information content (AvgIpc) is 2.27. The van der Waals surface area contributed by atoms with Crippen LogP contribution in [0, 0.1) is 0 Å². The lowest BCUT2D eigenvalue weighted by molar-refractivity contribution is 0.0938. The van der Waals surface area contributed by atoms with Crippen molar-refractivity contribution in [2.75, 3.05) is 11.0 Å². The first-order valence-corrected chi connectivity index (χ1v) is 8.09. The maximum Gasteiger partial charge on any atom is 0.251 e. The van der Waals surface area contributed by atoms with Gasteiger partial charge in [0.15, 0.2) is 0 Å². The Bertz CT molecular complexity index is 523. The summed E-state index contributed by atoms with van der Waals surface area (Å²) in [6, 6.07) is 6.47. The molecule has 1 aromatic carbocycles. The van der Waals surface area contributed by atoms with Crippen LogP contribution in [0.1, 0.15) is 37.0 Å². The summed E-state index contributed by atoms with van der Waals surface area (Å²) >= 11 is 0. The number of anilines is 1. The molecule has 0 spiro atoms. The summed E-state index contributed by atoms with van der Waals surface area (Å²) < 4.78 is 24.4. The van der Waals surface area contributed by atoms with Gasteiger partial charge in [-0.1, -0.05) is 13.3 Å². The summed E-state index contributed by atoms with van der Waals surface area (Å²) in [5, 5.41) is 2.89. The van der Waals surface area contributed by atoms with E-state index in [4.69, 9.17) is 0 Å². The first-order valence-electron chi connectivity index (χ1n) is 6.20. The van der Waals surface area contributed by atoms with Crippen LogP contribution in [0.25, 0.3) is 0 Å². The molecule has 0 aliphatic heterocycles. The minimum Gasteiger partial charge on any atom is -0.350 e. The predicted octanol–water partition coefficient (Wildman–Crippen LogP) is 1.98. The van der Waals surface area contributed by atoms with Gasteiger partial charge in [-0.05, 0) is 37.6 Å². The normalized spacial score (nSPS) is 12.8. The molecule has 0 heterocycles. The third kappa shape index (κ3) is 5.74. The molecular formula is C13H20N2O3S. The van der Waals surface area contributed by atoms with Gasteiger partial charge < -0.3 is 5.32 Å². The molecule has 0 saturated carbocycles. The van der Waals surface area contributed by atoms with Crippen molar-refractivity contribution in [3.63, 3.8) is 0 Å². The zero-order valence-corrected chi connectivity index (χ0v) is 12.3. The van der Waals surface area contributed by atoms with Crippen molar-refractivity contribution in [2.24, 2.45) is 0 Å². The molecule has 0 fully saturated rings. The third-order valence-electron chi connectivity index (χ3n) is 2.55. The second kappa shape index (κ2) is 6.56. The van der Waals surface area contributed by atoms with E-state index in [-0.39, 0.29) is 11.9 Å². The fourth-order valence-corrected chi connectivity index (χ4v) is 2.28. The van der Waals surface area contributed by atoms with Crippen molar-refractivity contribution in [3.8, 4) is 0 Å². The second-order valence-electron chi connectivity index (χ2n) is 4.61. The van der Waals surface area contributed by atoms with E-state index in [2.05, 4.69) is 17.0 Å². The fourth-order valence-electron chi connectivity index (χ4n) is 1.72. The van der Waals surface area contributed by atoms with Gasteiger partial charge >= 0.3 is 0 Å². The highest BCUT2D eigenvalue weighted by Gasteiger charge is 2.09. The second-order valence-corrected chi connectivity index (χ2v) is 6.36. The van der Waals surface area contributed by atoms with E-state index in [1.165, 1.54) is 0 Å². The van der Waals surface area contributed by atoms with Crippen molar-refractivity contribution in [3.05, 3.63) is 29.8 Å². The average molecular weight is 284 g/mol. The lowest BCUT2D eigenvalue weighted by Gasteiger charge is -2.13. The van der Waals surface area contributed by atoms with Gasteiger partial charge in [0.05, 0.1) is 6.26 Å². The van der Waals surface area contributed by atoms with Gasteiger partial charge in [-0.25, -0.2) is 8.42 Å². The zero-order chi connectivity index (χ0) is 14.5.